The number of piperidine rings is 1. The van der Waals surface area contributed by atoms with E-state index >= 15 is 0 Å². The van der Waals surface area contributed by atoms with Crippen molar-refractivity contribution in [3.05, 3.63) is 58.3 Å². The number of carbonyl (C=O) groups is 1. The first-order valence-electron chi connectivity index (χ1n) is 9.44. The molecule has 1 N–H and O–H groups in total. The Morgan fingerprint density at radius 2 is 1.96 bits per heavy atom. The van der Waals surface area contributed by atoms with Crippen molar-refractivity contribution < 1.29 is 4.79 Å². The molecule has 4 nitrogen and oxygen atoms in total. The van der Waals surface area contributed by atoms with E-state index in [0.717, 1.165) is 24.6 Å². The van der Waals surface area contributed by atoms with Crippen LogP contribution >= 0.6 is 11.3 Å². The zero-order valence-corrected chi connectivity index (χ0v) is 16.5. The number of hydrogen-bond acceptors (Lipinski definition) is 3. The number of likely N-dealkylation sites (tertiary alicyclic amines) is 1. The van der Waals surface area contributed by atoms with Gasteiger partial charge in [-0.25, -0.2) is 4.79 Å². The molecule has 5 heteroatoms. The predicted octanol–water partition coefficient (Wildman–Crippen LogP) is 4.36. The van der Waals surface area contributed by atoms with Crippen LogP contribution in [0.1, 0.15) is 36.2 Å². The molecule has 0 bridgehead atoms. The molecule has 1 aliphatic heterocycles. The Balaban J connectivity index is 1.57. The minimum Gasteiger partial charge on any atom is -0.336 e. The first-order chi connectivity index (χ1) is 12.6. The zero-order valence-electron chi connectivity index (χ0n) is 15.7. The third kappa shape index (κ3) is 5.08. The second-order valence-corrected chi connectivity index (χ2v) is 8.26. The molecule has 2 aromatic rings. The van der Waals surface area contributed by atoms with Gasteiger partial charge in [0.25, 0.3) is 0 Å². The highest BCUT2D eigenvalue weighted by molar-refractivity contribution is 7.10. The van der Waals surface area contributed by atoms with Crippen LogP contribution in [0.5, 0.6) is 0 Å². The lowest BCUT2D eigenvalue weighted by Gasteiger charge is -2.36. The number of rotatable bonds is 6. The Hall–Kier alpha value is -1.85. The molecule has 0 radical (unpaired) electrons. The monoisotopic (exact) mass is 371 g/mol. The van der Waals surface area contributed by atoms with Gasteiger partial charge in [0, 0.05) is 25.0 Å². The summed E-state index contributed by atoms with van der Waals surface area (Å²) in [5, 5.41) is 5.27. The average Bonchev–Trinajstić information content (AvgIpc) is 3.18. The smallest absolute Gasteiger partial charge is 0.317 e. The summed E-state index contributed by atoms with van der Waals surface area (Å²) in [5.74, 6) is 0.807. The molecule has 1 aromatic heterocycles. The quantitative estimate of drug-likeness (QED) is 0.819. The van der Waals surface area contributed by atoms with Crippen LogP contribution in [0, 0.1) is 5.92 Å². The zero-order chi connectivity index (χ0) is 18.4. The van der Waals surface area contributed by atoms with Crippen molar-refractivity contribution in [1.82, 2.24) is 15.1 Å². The lowest BCUT2D eigenvalue weighted by atomic mass is 9.97. The van der Waals surface area contributed by atoms with Gasteiger partial charge in [-0.05, 0) is 48.9 Å². The fraction of sp³-hybridized carbons (Fsp3) is 0.476. The molecule has 1 fully saturated rings. The lowest BCUT2D eigenvalue weighted by molar-refractivity contribution is 0.135. The number of nitrogens with one attached hydrogen (secondary N) is 1. The molecule has 0 spiro atoms. The Bertz CT molecular complexity index is 666. The minimum absolute atomic E-state index is 0.0132. The number of hydrogen-bond donors (Lipinski definition) is 1. The highest BCUT2D eigenvalue weighted by atomic mass is 32.1. The lowest BCUT2D eigenvalue weighted by Crippen LogP contribution is -2.44. The van der Waals surface area contributed by atoms with Crippen LogP contribution in [-0.4, -0.2) is 42.5 Å². The third-order valence-electron chi connectivity index (χ3n) is 5.19. The van der Waals surface area contributed by atoms with Crippen LogP contribution < -0.4 is 5.32 Å². The maximum atomic E-state index is 12.6. The molecule has 140 valence electrons. The number of amides is 2. The Kier molecular flexibility index (Phi) is 6.69. The summed E-state index contributed by atoms with van der Waals surface area (Å²) in [7, 11) is 1.85. The summed E-state index contributed by atoms with van der Waals surface area (Å²) in [5.41, 5.74) is 1.14. The van der Waals surface area contributed by atoms with Crippen molar-refractivity contribution in [2.75, 3.05) is 26.7 Å². The Morgan fingerprint density at radius 3 is 2.62 bits per heavy atom. The molecule has 1 aliphatic rings. The highest BCUT2D eigenvalue weighted by Crippen LogP contribution is 2.29. The van der Waals surface area contributed by atoms with E-state index in [4.69, 9.17) is 0 Å². The molecule has 3 rings (SSSR count). The standard InChI is InChI=1S/C21H29N3OS/c1-17-10-12-24(13-11-17)19(20-9-6-14-26-20)15-22-21(25)23(2)16-18-7-4-3-5-8-18/h3-9,14,17,19H,10-13,15-16H2,1-2H3,(H,22,25). The summed E-state index contributed by atoms with van der Waals surface area (Å²) in [6.07, 6.45) is 2.48. The van der Waals surface area contributed by atoms with Gasteiger partial charge in [-0.2, -0.15) is 0 Å². The number of carbonyl (C=O) groups excluding carboxylic acids is 1. The predicted molar refractivity (Wildman–Crippen MR) is 108 cm³/mol. The molecular formula is C21H29N3OS. The van der Waals surface area contributed by atoms with E-state index in [1.807, 2.05) is 37.4 Å². The van der Waals surface area contributed by atoms with Crippen LogP contribution in [0.2, 0.25) is 0 Å². The molecule has 2 amide bonds. The van der Waals surface area contributed by atoms with Crippen molar-refractivity contribution in [2.45, 2.75) is 32.4 Å². The molecular weight excluding hydrogens is 342 g/mol. The van der Waals surface area contributed by atoms with E-state index in [1.54, 1.807) is 16.2 Å². The molecule has 0 saturated carbocycles. The van der Waals surface area contributed by atoms with Gasteiger partial charge in [-0.15, -0.1) is 11.3 Å². The Labute approximate surface area is 160 Å². The van der Waals surface area contributed by atoms with Crippen molar-refractivity contribution in [1.29, 1.82) is 0 Å². The van der Waals surface area contributed by atoms with Gasteiger partial charge in [0.05, 0.1) is 6.04 Å². The molecule has 26 heavy (non-hydrogen) atoms. The summed E-state index contributed by atoms with van der Waals surface area (Å²) >= 11 is 1.78. The molecule has 0 aliphatic carbocycles. The highest BCUT2D eigenvalue weighted by Gasteiger charge is 2.26. The SMILES string of the molecule is CC1CCN(C(CNC(=O)N(C)Cc2ccccc2)c2cccs2)CC1. The fourth-order valence-corrected chi connectivity index (χ4v) is 4.34. The van der Waals surface area contributed by atoms with Crippen molar-refractivity contribution in [2.24, 2.45) is 5.92 Å². The van der Waals surface area contributed by atoms with Gasteiger partial charge in [0.2, 0.25) is 0 Å². The van der Waals surface area contributed by atoms with E-state index in [1.165, 1.54) is 17.7 Å². The van der Waals surface area contributed by atoms with Crippen LogP contribution in [0.25, 0.3) is 0 Å². The van der Waals surface area contributed by atoms with E-state index in [-0.39, 0.29) is 12.1 Å². The first-order valence-corrected chi connectivity index (χ1v) is 10.3. The summed E-state index contributed by atoms with van der Waals surface area (Å²) in [6.45, 7) is 5.83. The summed E-state index contributed by atoms with van der Waals surface area (Å²) in [6, 6.07) is 14.7. The fourth-order valence-electron chi connectivity index (χ4n) is 3.48. The molecule has 1 atom stereocenters. The summed E-state index contributed by atoms with van der Waals surface area (Å²) < 4.78 is 0. The molecule has 2 heterocycles. The van der Waals surface area contributed by atoms with Crippen LogP contribution in [0.3, 0.4) is 0 Å². The van der Waals surface area contributed by atoms with E-state index in [2.05, 4.69) is 34.7 Å². The topological polar surface area (TPSA) is 35.6 Å². The summed E-state index contributed by atoms with van der Waals surface area (Å²) in [4.78, 5) is 18.2. The maximum Gasteiger partial charge on any atom is 0.317 e. The van der Waals surface area contributed by atoms with Crippen LogP contribution in [0.15, 0.2) is 47.8 Å². The van der Waals surface area contributed by atoms with Gasteiger partial charge in [-0.1, -0.05) is 43.3 Å². The first kappa shape index (κ1) is 18.9. The van der Waals surface area contributed by atoms with Gasteiger partial charge in [-0.3, -0.25) is 4.90 Å². The van der Waals surface area contributed by atoms with Crippen molar-refractivity contribution in [3.63, 3.8) is 0 Å². The molecule has 1 aromatic carbocycles. The van der Waals surface area contributed by atoms with Crippen LogP contribution in [0.4, 0.5) is 4.79 Å². The minimum atomic E-state index is -0.0132. The maximum absolute atomic E-state index is 12.6. The molecule has 1 saturated heterocycles. The van der Waals surface area contributed by atoms with Crippen LogP contribution in [-0.2, 0) is 6.54 Å². The number of benzene rings is 1. The normalized spacial score (nSPS) is 17.0. The van der Waals surface area contributed by atoms with Crippen molar-refractivity contribution >= 4 is 17.4 Å². The Morgan fingerprint density at radius 1 is 1.23 bits per heavy atom. The largest absolute Gasteiger partial charge is 0.336 e. The number of urea groups is 1. The van der Waals surface area contributed by atoms with E-state index < -0.39 is 0 Å². The van der Waals surface area contributed by atoms with Gasteiger partial charge in [0.15, 0.2) is 0 Å². The average molecular weight is 372 g/mol. The van der Waals surface area contributed by atoms with Gasteiger partial charge >= 0.3 is 6.03 Å². The number of thiophene rings is 1. The second-order valence-electron chi connectivity index (χ2n) is 7.28. The van der Waals surface area contributed by atoms with Crippen molar-refractivity contribution in [3.8, 4) is 0 Å². The number of nitrogens with zero attached hydrogens (tertiary/aromatic N) is 2. The van der Waals surface area contributed by atoms with Gasteiger partial charge in [0.1, 0.15) is 0 Å². The second kappa shape index (κ2) is 9.19. The third-order valence-corrected chi connectivity index (χ3v) is 6.16. The van der Waals surface area contributed by atoms with E-state index in [0.29, 0.717) is 13.1 Å². The van der Waals surface area contributed by atoms with E-state index in [9.17, 15) is 4.79 Å². The molecule has 1 unspecified atom stereocenters. The van der Waals surface area contributed by atoms with Gasteiger partial charge < -0.3 is 10.2 Å².